The number of nitrogens with zero attached hydrogens (tertiary/aromatic N) is 1. The quantitative estimate of drug-likeness (QED) is 0.571. The predicted molar refractivity (Wildman–Crippen MR) is 57.1 cm³/mol. The summed E-state index contributed by atoms with van der Waals surface area (Å²) in [6, 6.07) is 9.06. The number of nitro benzene ring substituents is 1. The maximum atomic E-state index is 11.4. The van der Waals surface area contributed by atoms with Gasteiger partial charge in [-0.3, -0.25) is 10.1 Å². The van der Waals surface area contributed by atoms with Crippen LogP contribution in [0.5, 0.6) is 0 Å². The van der Waals surface area contributed by atoms with Gasteiger partial charge in [0, 0.05) is 6.07 Å². The molecule has 2 aromatic rings. The van der Waals surface area contributed by atoms with Crippen LogP contribution in [0.1, 0.15) is 0 Å². The summed E-state index contributed by atoms with van der Waals surface area (Å²) < 4.78 is 4.67. The van der Waals surface area contributed by atoms with Crippen LogP contribution in [0, 0.1) is 10.1 Å². The van der Waals surface area contributed by atoms with Crippen molar-refractivity contribution in [3.63, 3.8) is 0 Å². The van der Waals surface area contributed by atoms with E-state index < -0.39 is 10.5 Å². The molecule has 0 aliphatic rings. The van der Waals surface area contributed by atoms with E-state index in [0.29, 0.717) is 0 Å². The molecule has 0 aliphatic carbocycles. The summed E-state index contributed by atoms with van der Waals surface area (Å²) in [4.78, 5) is 21.7. The topological polar surface area (TPSA) is 73.3 Å². The molecule has 0 fully saturated rings. The fourth-order valence-corrected chi connectivity index (χ4v) is 1.43. The number of hydrogen-bond donors (Lipinski definition) is 0. The minimum atomic E-state index is -0.586. The molecule has 0 radical (unpaired) electrons. The lowest BCUT2D eigenvalue weighted by Gasteiger charge is -2.00. The second-order valence-corrected chi connectivity index (χ2v) is 3.09. The molecule has 0 N–H and O–H groups in total. The molecule has 0 spiro atoms. The highest BCUT2D eigenvalue weighted by Crippen LogP contribution is 2.26. The summed E-state index contributed by atoms with van der Waals surface area (Å²) in [5.74, 6) is 0. The van der Waals surface area contributed by atoms with Crippen molar-refractivity contribution in [2.24, 2.45) is 0 Å². The molecule has 0 saturated heterocycles. The molecule has 5 heteroatoms. The Morgan fingerprint density at radius 3 is 2.44 bits per heavy atom. The third kappa shape index (κ3) is 1.70. The van der Waals surface area contributed by atoms with Crippen molar-refractivity contribution in [2.75, 3.05) is 0 Å². The molecule has 16 heavy (non-hydrogen) atoms. The molecule has 1 heterocycles. The Balaban J connectivity index is 2.70. The van der Waals surface area contributed by atoms with Crippen LogP contribution in [0.25, 0.3) is 11.1 Å². The molecule has 0 aliphatic heterocycles. The lowest BCUT2D eigenvalue weighted by Crippen LogP contribution is -2.03. The first-order valence-electron chi connectivity index (χ1n) is 4.52. The first kappa shape index (κ1) is 10.1. The average Bonchev–Trinajstić information content (AvgIpc) is 2.29. The molecule has 5 nitrogen and oxygen atoms in total. The molecule has 1 aromatic carbocycles. The number of benzene rings is 1. The molecular weight excluding hydrogens is 210 g/mol. The van der Waals surface area contributed by atoms with Crippen molar-refractivity contribution in [3.05, 3.63) is 63.2 Å². The predicted octanol–water partition coefficient (Wildman–Crippen LogP) is 2.21. The molecule has 0 bridgehead atoms. The molecule has 0 unspecified atom stereocenters. The average molecular weight is 217 g/mol. The van der Waals surface area contributed by atoms with Crippen molar-refractivity contribution >= 4 is 5.69 Å². The first-order chi connectivity index (χ1) is 7.70. The van der Waals surface area contributed by atoms with E-state index in [1.165, 1.54) is 30.5 Å². The van der Waals surface area contributed by atoms with Gasteiger partial charge in [0.1, 0.15) is 0 Å². The van der Waals surface area contributed by atoms with E-state index >= 15 is 0 Å². The van der Waals surface area contributed by atoms with Gasteiger partial charge in [-0.25, -0.2) is 4.79 Å². The fourth-order valence-electron chi connectivity index (χ4n) is 1.43. The van der Waals surface area contributed by atoms with Crippen molar-refractivity contribution < 1.29 is 9.34 Å². The highest BCUT2D eigenvalue weighted by molar-refractivity contribution is 5.72. The monoisotopic (exact) mass is 217 g/mol. The Morgan fingerprint density at radius 1 is 1.06 bits per heavy atom. The summed E-state index contributed by atoms with van der Waals surface area (Å²) in [6.07, 6.45) is 1.24. The lowest BCUT2D eigenvalue weighted by molar-refractivity contribution is -0.384. The second-order valence-electron chi connectivity index (χ2n) is 3.09. The molecule has 2 rings (SSSR count). The summed E-state index contributed by atoms with van der Waals surface area (Å²) in [7, 11) is 0. The summed E-state index contributed by atoms with van der Waals surface area (Å²) in [6.45, 7) is 0. The third-order valence-corrected chi connectivity index (χ3v) is 2.13. The fraction of sp³-hybridized carbons (Fsp3) is 0. The maximum Gasteiger partial charge on any atom is 0.343 e. The van der Waals surface area contributed by atoms with Gasteiger partial charge < -0.3 is 4.42 Å². The maximum absolute atomic E-state index is 11.4. The van der Waals surface area contributed by atoms with E-state index in [9.17, 15) is 14.9 Å². The Kier molecular flexibility index (Phi) is 2.51. The highest BCUT2D eigenvalue weighted by atomic mass is 16.6. The van der Waals surface area contributed by atoms with Crippen molar-refractivity contribution in [1.82, 2.24) is 0 Å². The molecule has 80 valence electrons. The van der Waals surface area contributed by atoms with Crippen LogP contribution in [0.3, 0.4) is 0 Å². The van der Waals surface area contributed by atoms with Crippen LogP contribution >= 0.6 is 0 Å². The van der Waals surface area contributed by atoms with E-state index in [1.54, 1.807) is 12.1 Å². The Bertz CT molecular complexity index is 588. The largest absolute Gasteiger partial charge is 0.431 e. The van der Waals surface area contributed by atoms with Crippen LogP contribution in [0.2, 0.25) is 0 Å². The standard InChI is InChI=1S/C11H7NO4/c13-11-9(5-3-7-16-11)8-4-1-2-6-10(8)12(14)15/h1-7H. The van der Waals surface area contributed by atoms with Crippen LogP contribution in [-0.2, 0) is 0 Å². The number of para-hydroxylation sites is 1. The van der Waals surface area contributed by atoms with E-state index in [0.717, 1.165) is 0 Å². The van der Waals surface area contributed by atoms with Gasteiger partial charge in [-0.15, -0.1) is 0 Å². The van der Waals surface area contributed by atoms with Crippen molar-refractivity contribution in [1.29, 1.82) is 0 Å². The smallest absolute Gasteiger partial charge is 0.343 e. The van der Waals surface area contributed by atoms with Gasteiger partial charge in [0.05, 0.1) is 22.3 Å². The van der Waals surface area contributed by atoms with E-state index in [4.69, 9.17) is 0 Å². The second kappa shape index (κ2) is 3.98. The van der Waals surface area contributed by atoms with Crippen LogP contribution in [-0.4, -0.2) is 4.92 Å². The molecular formula is C11H7NO4. The summed E-state index contributed by atoms with van der Waals surface area (Å²) >= 11 is 0. The van der Waals surface area contributed by atoms with Crippen molar-refractivity contribution in [2.45, 2.75) is 0 Å². The summed E-state index contributed by atoms with van der Waals surface area (Å²) in [5.41, 5.74) is -0.241. The van der Waals surface area contributed by atoms with Gasteiger partial charge in [-0.1, -0.05) is 12.1 Å². The van der Waals surface area contributed by atoms with Gasteiger partial charge in [0.15, 0.2) is 0 Å². The first-order valence-corrected chi connectivity index (χ1v) is 4.52. The zero-order valence-corrected chi connectivity index (χ0v) is 8.12. The number of hydrogen-bond acceptors (Lipinski definition) is 4. The van der Waals surface area contributed by atoms with E-state index in [-0.39, 0.29) is 16.8 Å². The minimum Gasteiger partial charge on any atom is -0.431 e. The van der Waals surface area contributed by atoms with Crippen LogP contribution in [0.4, 0.5) is 5.69 Å². The van der Waals surface area contributed by atoms with Gasteiger partial charge >= 0.3 is 5.63 Å². The molecule has 1 aromatic heterocycles. The van der Waals surface area contributed by atoms with Gasteiger partial charge in [-0.05, 0) is 18.2 Å². The lowest BCUT2D eigenvalue weighted by atomic mass is 10.1. The number of rotatable bonds is 2. The van der Waals surface area contributed by atoms with E-state index in [2.05, 4.69) is 4.42 Å². The number of nitro groups is 1. The Morgan fingerprint density at radius 2 is 1.75 bits per heavy atom. The molecule has 0 saturated carbocycles. The van der Waals surface area contributed by atoms with Gasteiger partial charge in [0.25, 0.3) is 5.69 Å². The zero-order valence-electron chi connectivity index (χ0n) is 8.12. The SMILES string of the molecule is O=c1occcc1-c1ccccc1[N+](=O)[O-]. The molecule has 0 atom stereocenters. The Hall–Kier alpha value is -2.43. The minimum absolute atomic E-state index is 0.110. The van der Waals surface area contributed by atoms with E-state index in [1.807, 2.05) is 0 Å². The van der Waals surface area contributed by atoms with Crippen LogP contribution in [0.15, 0.2) is 51.9 Å². The zero-order chi connectivity index (χ0) is 11.5. The highest BCUT2D eigenvalue weighted by Gasteiger charge is 2.16. The van der Waals surface area contributed by atoms with Crippen LogP contribution < -0.4 is 5.63 Å². The normalized spacial score (nSPS) is 10.0. The van der Waals surface area contributed by atoms with Gasteiger partial charge in [0.2, 0.25) is 0 Å². The van der Waals surface area contributed by atoms with Gasteiger partial charge in [-0.2, -0.15) is 0 Å². The summed E-state index contributed by atoms with van der Waals surface area (Å²) in [5, 5.41) is 10.8. The molecule has 0 amide bonds. The Labute approximate surface area is 90.1 Å². The van der Waals surface area contributed by atoms with Crippen molar-refractivity contribution in [3.8, 4) is 11.1 Å². The third-order valence-electron chi connectivity index (χ3n) is 2.13.